The Morgan fingerprint density at radius 2 is 1.88 bits per heavy atom. The molecule has 4 rings (SSSR count). The van der Waals surface area contributed by atoms with Gasteiger partial charge in [0.05, 0.1) is 23.7 Å². The zero-order chi connectivity index (χ0) is 23.1. The normalized spacial score (nSPS) is 27.3. The highest BCUT2D eigenvalue weighted by Crippen LogP contribution is 2.43. The Balaban J connectivity index is 1.55. The first-order valence-corrected chi connectivity index (χ1v) is 11.3. The van der Waals surface area contributed by atoms with Gasteiger partial charge < -0.3 is 10.6 Å². The summed E-state index contributed by atoms with van der Waals surface area (Å²) in [6.07, 6.45) is -0.448. The molecule has 0 bridgehead atoms. The molecule has 2 heterocycles. The van der Waals surface area contributed by atoms with Gasteiger partial charge in [0, 0.05) is 5.54 Å². The third-order valence-electron chi connectivity index (χ3n) is 7.26. The van der Waals surface area contributed by atoms with Crippen molar-refractivity contribution in [2.45, 2.75) is 82.6 Å². The number of hydrogen-bond donors (Lipinski definition) is 2. The van der Waals surface area contributed by atoms with Gasteiger partial charge in [0.15, 0.2) is 0 Å². The molecule has 1 saturated carbocycles. The minimum atomic E-state index is -4.17. The fourth-order valence-corrected chi connectivity index (χ4v) is 5.17. The molecule has 1 aromatic carbocycles. The second-order valence-corrected chi connectivity index (χ2v) is 9.85. The minimum absolute atomic E-state index is 0.0318. The second-order valence-electron chi connectivity index (χ2n) is 9.85. The van der Waals surface area contributed by atoms with E-state index < -0.39 is 17.6 Å². The fraction of sp³-hybridized carbons (Fsp3) is 0.583. The number of fused-ring (bicyclic) bond motifs is 1. The van der Waals surface area contributed by atoms with Crippen LogP contribution in [0.1, 0.15) is 81.3 Å². The molecule has 1 aliphatic carbocycles. The molecule has 1 fully saturated rings. The number of aromatic nitrogens is 2. The first-order chi connectivity index (χ1) is 15.0. The van der Waals surface area contributed by atoms with Crippen molar-refractivity contribution in [2.75, 3.05) is 5.32 Å². The summed E-state index contributed by atoms with van der Waals surface area (Å²) in [5.41, 5.74) is 0.656. The lowest BCUT2D eigenvalue weighted by Crippen LogP contribution is -2.51. The summed E-state index contributed by atoms with van der Waals surface area (Å²) >= 11 is 0. The van der Waals surface area contributed by atoms with E-state index in [9.17, 15) is 18.0 Å². The van der Waals surface area contributed by atoms with E-state index in [4.69, 9.17) is 0 Å². The van der Waals surface area contributed by atoms with Gasteiger partial charge in [-0.3, -0.25) is 4.79 Å². The summed E-state index contributed by atoms with van der Waals surface area (Å²) in [5, 5.41) is 11.1. The molecule has 1 aromatic heterocycles. The summed E-state index contributed by atoms with van der Waals surface area (Å²) < 4.78 is 41.2. The highest BCUT2D eigenvalue weighted by atomic mass is 19.4. The van der Waals surface area contributed by atoms with Crippen molar-refractivity contribution in [1.82, 2.24) is 15.1 Å². The van der Waals surface area contributed by atoms with E-state index in [1.807, 2.05) is 29.8 Å². The fourth-order valence-electron chi connectivity index (χ4n) is 5.17. The number of halogens is 3. The molecular weight excluding hydrogens is 417 g/mol. The lowest BCUT2D eigenvalue weighted by atomic mass is 9.74. The topological polar surface area (TPSA) is 59.0 Å². The molecule has 5 nitrogen and oxygen atoms in total. The number of alkyl halides is 3. The van der Waals surface area contributed by atoms with Crippen LogP contribution in [0, 0.1) is 5.92 Å². The van der Waals surface area contributed by atoms with Crippen molar-refractivity contribution in [3.8, 4) is 0 Å². The van der Waals surface area contributed by atoms with Crippen LogP contribution in [0.4, 0.5) is 19.0 Å². The zero-order valence-electron chi connectivity index (χ0n) is 18.8. The lowest BCUT2D eigenvalue weighted by molar-refractivity contribution is -0.185. The van der Waals surface area contributed by atoms with Gasteiger partial charge in [0.1, 0.15) is 11.4 Å². The third-order valence-corrected chi connectivity index (χ3v) is 7.26. The summed E-state index contributed by atoms with van der Waals surface area (Å²) in [7, 11) is 0. The highest BCUT2D eigenvalue weighted by Gasteiger charge is 2.46. The Morgan fingerprint density at radius 3 is 2.47 bits per heavy atom. The number of benzene rings is 1. The number of nitrogens with one attached hydrogen (secondary N) is 2. The Kier molecular flexibility index (Phi) is 5.75. The standard InChI is InChI=1S/C24H31F3N4O/c1-4-23(12-10-17(11-13-23)24(25,26)27)30-21(32)18-15-28-31-20(18)29-19(14-22(31,2)3)16-8-6-5-7-9-16/h5-9,15,17,19,29H,4,10-14H2,1-3H3,(H,30,32). The quantitative estimate of drug-likeness (QED) is 0.621. The predicted octanol–water partition coefficient (Wildman–Crippen LogP) is 5.81. The van der Waals surface area contributed by atoms with Crippen LogP contribution in [0.3, 0.4) is 0 Å². The van der Waals surface area contributed by atoms with Crippen LogP contribution < -0.4 is 10.6 Å². The summed E-state index contributed by atoms with van der Waals surface area (Å²) in [6.45, 7) is 6.11. The van der Waals surface area contributed by atoms with Crippen molar-refractivity contribution in [3.63, 3.8) is 0 Å². The number of hydrogen-bond acceptors (Lipinski definition) is 3. The van der Waals surface area contributed by atoms with E-state index in [2.05, 4.69) is 41.7 Å². The molecule has 0 radical (unpaired) electrons. The molecule has 0 saturated heterocycles. The Bertz CT molecular complexity index is 959. The van der Waals surface area contributed by atoms with Crippen molar-refractivity contribution in [1.29, 1.82) is 0 Å². The molecule has 2 N–H and O–H groups in total. The first kappa shape index (κ1) is 22.7. The summed E-state index contributed by atoms with van der Waals surface area (Å²) in [4.78, 5) is 13.3. The molecule has 0 spiro atoms. The zero-order valence-corrected chi connectivity index (χ0v) is 18.8. The van der Waals surface area contributed by atoms with Crippen LogP contribution in [-0.4, -0.2) is 27.4 Å². The average Bonchev–Trinajstić information content (AvgIpc) is 3.19. The summed E-state index contributed by atoms with van der Waals surface area (Å²) in [6, 6.07) is 10.1. The SMILES string of the molecule is CCC1(NC(=O)c2cnn3c2NC(c2ccccc2)CC3(C)C)CCC(C(F)(F)F)CC1. The Hall–Kier alpha value is -2.51. The molecule has 1 amide bonds. The van der Waals surface area contributed by atoms with Gasteiger partial charge in [0.25, 0.3) is 5.91 Å². The minimum Gasteiger partial charge on any atom is -0.363 e. The van der Waals surface area contributed by atoms with E-state index >= 15 is 0 Å². The van der Waals surface area contributed by atoms with Crippen LogP contribution in [0.2, 0.25) is 0 Å². The molecule has 32 heavy (non-hydrogen) atoms. The number of rotatable bonds is 4. The van der Waals surface area contributed by atoms with Crippen LogP contribution in [-0.2, 0) is 5.54 Å². The maximum atomic E-state index is 13.3. The lowest BCUT2D eigenvalue weighted by Gasteiger charge is -2.41. The maximum absolute atomic E-state index is 13.3. The molecular formula is C24H31F3N4O. The van der Waals surface area contributed by atoms with Crippen LogP contribution >= 0.6 is 0 Å². The third kappa shape index (κ3) is 4.24. The van der Waals surface area contributed by atoms with Crippen molar-refractivity contribution in [3.05, 3.63) is 47.7 Å². The van der Waals surface area contributed by atoms with E-state index in [1.54, 1.807) is 6.20 Å². The van der Waals surface area contributed by atoms with Gasteiger partial charge in [-0.05, 0) is 57.9 Å². The number of carbonyl (C=O) groups is 1. The number of anilines is 1. The molecule has 1 aliphatic heterocycles. The predicted molar refractivity (Wildman–Crippen MR) is 117 cm³/mol. The van der Waals surface area contributed by atoms with E-state index in [0.29, 0.717) is 30.6 Å². The number of carbonyl (C=O) groups excluding carboxylic acids is 1. The van der Waals surface area contributed by atoms with E-state index in [1.165, 1.54) is 0 Å². The molecule has 174 valence electrons. The van der Waals surface area contributed by atoms with Crippen molar-refractivity contribution < 1.29 is 18.0 Å². The van der Waals surface area contributed by atoms with Gasteiger partial charge in [-0.25, -0.2) is 4.68 Å². The first-order valence-electron chi connectivity index (χ1n) is 11.3. The van der Waals surface area contributed by atoms with Crippen molar-refractivity contribution >= 4 is 11.7 Å². The largest absolute Gasteiger partial charge is 0.391 e. The Morgan fingerprint density at radius 1 is 1.22 bits per heavy atom. The average molecular weight is 449 g/mol. The molecule has 2 aromatic rings. The van der Waals surface area contributed by atoms with E-state index in [-0.39, 0.29) is 30.3 Å². The second kappa shape index (κ2) is 8.12. The number of amides is 1. The van der Waals surface area contributed by atoms with E-state index in [0.717, 1.165) is 12.0 Å². The van der Waals surface area contributed by atoms with Gasteiger partial charge in [0.2, 0.25) is 0 Å². The van der Waals surface area contributed by atoms with Crippen LogP contribution in [0.25, 0.3) is 0 Å². The molecule has 2 aliphatic rings. The van der Waals surface area contributed by atoms with Crippen molar-refractivity contribution in [2.24, 2.45) is 5.92 Å². The smallest absolute Gasteiger partial charge is 0.363 e. The highest BCUT2D eigenvalue weighted by molar-refractivity contribution is 5.99. The van der Waals surface area contributed by atoms with Gasteiger partial charge in [-0.15, -0.1) is 0 Å². The molecule has 1 atom stereocenters. The maximum Gasteiger partial charge on any atom is 0.391 e. The summed E-state index contributed by atoms with van der Waals surface area (Å²) in [5.74, 6) is -0.907. The van der Waals surface area contributed by atoms with Crippen LogP contribution in [0.5, 0.6) is 0 Å². The van der Waals surface area contributed by atoms with Gasteiger partial charge >= 0.3 is 6.18 Å². The molecule has 1 unspecified atom stereocenters. The monoisotopic (exact) mass is 448 g/mol. The van der Waals surface area contributed by atoms with Crippen LogP contribution in [0.15, 0.2) is 36.5 Å². The molecule has 8 heteroatoms. The number of nitrogens with zero attached hydrogens (tertiary/aromatic N) is 2. The van der Waals surface area contributed by atoms with Gasteiger partial charge in [-0.1, -0.05) is 37.3 Å². The van der Waals surface area contributed by atoms with Gasteiger partial charge in [-0.2, -0.15) is 18.3 Å². The Labute approximate surface area is 186 Å².